The first-order valence-corrected chi connectivity index (χ1v) is 13.2. The lowest BCUT2D eigenvalue weighted by Gasteiger charge is -2.11. The largest absolute Gasteiger partial charge is 0.219 e. The summed E-state index contributed by atoms with van der Waals surface area (Å²) in [7, 11) is 0. The van der Waals surface area contributed by atoms with Gasteiger partial charge in [-0.1, -0.05) is 48.5 Å². The molecule has 0 saturated carbocycles. The van der Waals surface area contributed by atoms with Crippen LogP contribution in [0.3, 0.4) is 0 Å². The van der Waals surface area contributed by atoms with Crippen molar-refractivity contribution in [2.75, 3.05) is 0 Å². The number of rotatable bonds is 5. The van der Waals surface area contributed by atoms with Crippen LogP contribution in [0.5, 0.6) is 0 Å². The highest BCUT2D eigenvalue weighted by molar-refractivity contribution is 5.78. The van der Waals surface area contributed by atoms with Crippen LogP contribution in [0.15, 0.2) is 72.8 Å². The van der Waals surface area contributed by atoms with E-state index < -0.39 is 0 Å². The third-order valence-corrected chi connectivity index (χ3v) is 6.40. The molecule has 0 radical (unpaired) electrons. The summed E-state index contributed by atoms with van der Waals surface area (Å²) in [5, 5.41) is 0. The van der Waals surface area contributed by atoms with Gasteiger partial charge in [0.25, 0.3) is 0 Å². The van der Waals surface area contributed by atoms with Gasteiger partial charge >= 0.3 is 0 Å². The van der Waals surface area contributed by atoms with Crippen LogP contribution < -0.4 is 0 Å². The Labute approximate surface area is 238 Å². The van der Waals surface area contributed by atoms with Gasteiger partial charge in [-0.25, -0.2) is 44.9 Å². The van der Waals surface area contributed by atoms with E-state index in [0.717, 1.165) is 33.4 Å². The Morgan fingerprint density at radius 2 is 0.634 bits per heavy atom. The average Bonchev–Trinajstić information content (AvgIpc) is 2.96. The molecule has 0 N–H and O–H groups in total. The molecular weight excluding hydrogens is 510 g/mol. The van der Waals surface area contributed by atoms with Crippen molar-refractivity contribution in [3.63, 3.8) is 0 Å². The van der Waals surface area contributed by atoms with Crippen LogP contribution in [0, 0.1) is 34.6 Å². The number of aryl methyl sites for hydroxylation is 5. The van der Waals surface area contributed by atoms with Crippen molar-refractivity contribution in [3.05, 3.63) is 102 Å². The third-order valence-electron chi connectivity index (χ3n) is 6.40. The van der Waals surface area contributed by atoms with Crippen molar-refractivity contribution in [3.8, 4) is 56.7 Å². The molecule has 3 aromatic heterocycles. The lowest BCUT2D eigenvalue weighted by atomic mass is 9.99. The first-order valence-electron chi connectivity index (χ1n) is 13.2. The van der Waals surface area contributed by atoms with Gasteiger partial charge in [-0.15, -0.1) is 0 Å². The minimum atomic E-state index is 0.561. The summed E-state index contributed by atoms with van der Waals surface area (Å²) >= 11 is 0. The van der Waals surface area contributed by atoms with Gasteiger partial charge < -0.3 is 0 Å². The van der Waals surface area contributed by atoms with Crippen LogP contribution in [0.4, 0.5) is 0 Å². The standard InChI is InChI=1S/C32H27N9/c1-18-33-19(2)36-29(35-18)24-12-9-13-25(14-24)30-39-22(5)40-32(41-30)28-16-26(23-10-7-6-8-11-23)15-27(17-28)31-37-20(3)34-21(4)38-31/h6-17H,1-5H3. The molecule has 3 heterocycles. The molecule has 0 aliphatic carbocycles. The normalized spacial score (nSPS) is 11.0. The second-order valence-corrected chi connectivity index (χ2v) is 9.78. The zero-order valence-electron chi connectivity index (χ0n) is 23.5. The smallest absolute Gasteiger partial charge is 0.163 e. The Bertz CT molecular complexity index is 1860. The lowest BCUT2D eigenvalue weighted by Crippen LogP contribution is -2.02. The molecule has 41 heavy (non-hydrogen) atoms. The number of benzene rings is 3. The van der Waals surface area contributed by atoms with Crippen molar-refractivity contribution in [1.29, 1.82) is 0 Å². The van der Waals surface area contributed by atoms with Gasteiger partial charge in [-0.3, -0.25) is 0 Å². The molecule has 0 fully saturated rings. The molecule has 200 valence electrons. The lowest BCUT2D eigenvalue weighted by molar-refractivity contribution is 0.928. The number of hydrogen-bond acceptors (Lipinski definition) is 9. The second-order valence-electron chi connectivity index (χ2n) is 9.78. The highest BCUT2D eigenvalue weighted by Crippen LogP contribution is 2.31. The Balaban J connectivity index is 1.49. The summed E-state index contributed by atoms with van der Waals surface area (Å²) < 4.78 is 0. The van der Waals surface area contributed by atoms with Gasteiger partial charge in [0.1, 0.15) is 29.1 Å². The third kappa shape index (κ3) is 5.69. The van der Waals surface area contributed by atoms with E-state index in [9.17, 15) is 0 Å². The molecular formula is C32H27N9. The molecule has 0 atom stereocenters. The van der Waals surface area contributed by atoms with Gasteiger partial charge in [0.2, 0.25) is 0 Å². The van der Waals surface area contributed by atoms with E-state index >= 15 is 0 Å². The molecule has 0 aliphatic heterocycles. The van der Waals surface area contributed by atoms with Crippen LogP contribution in [-0.2, 0) is 0 Å². The minimum Gasteiger partial charge on any atom is -0.219 e. The van der Waals surface area contributed by atoms with Crippen molar-refractivity contribution in [2.45, 2.75) is 34.6 Å². The maximum absolute atomic E-state index is 4.92. The fraction of sp³-hybridized carbons (Fsp3) is 0.156. The number of hydrogen-bond donors (Lipinski definition) is 0. The first kappa shape index (κ1) is 25.9. The van der Waals surface area contributed by atoms with Gasteiger partial charge in [0.15, 0.2) is 23.3 Å². The van der Waals surface area contributed by atoms with E-state index in [0.29, 0.717) is 52.4 Å². The topological polar surface area (TPSA) is 116 Å². The van der Waals surface area contributed by atoms with E-state index in [4.69, 9.17) is 9.97 Å². The highest BCUT2D eigenvalue weighted by atomic mass is 15.0. The average molecular weight is 538 g/mol. The maximum Gasteiger partial charge on any atom is 0.163 e. The Hall–Kier alpha value is -5.31. The zero-order chi connectivity index (χ0) is 28.5. The summed E-state index contributed by atoms with van der Waals surface area (Å²) in [6, 6.07) is 24.3. The fourth-order valence-electron chi connectivity index (χ4n) is 4.71. The SMILES string of the molecule is Cc1nc(C)nc(-c2cccc(-c3nc(C)nc(-c4cc(-c5ccccc5)cc(-c5nc(C)nc(C)n5)c4)n3)c2)n1. The van der Waals surface area contributed by atoms with Gasteiger partial charge in [-0.2, -0.15) is 0 Å². The molecule has 0 unspecified atom stereocenters. The fourth-order valence-corrected chi connectivity index (χ4v) is 4.71. The first-order chi connectivity index (χ1) is 19.8. The van der Waals surface area contributed by atoms with Crippen LogP contribution >= 0.6 is 0 Å². The number of aromatic nitrogens is 9. The second kappa shape index (κ2) is 10.7. The zero-order valence-corrected chi connectivity index (χ0v) is 23.5. The van der Waals surface area contributed by atoms with Gasteiger partial charge in [0, 0.05) is 22.3 Å². The van der Waals surface area contributed by atoms with Crippen LogP contribution in [-0.4, -0.2) is 44.9 Å². The van der Waals surface area contributed by atoms with Gasteiger partial charge in [-0.05, 0) is 70.0 Å². The molecule has 9 heteroatoms. The molecule has 6 aromatic rings. The van der Waals surface area contributed by atoms with E-state index in [1.165, 1.54) is 0 Å². The minimum absolute atomic E-state index is 0.561. The molecule has 3 aromatic carbocycles. The summed E-state index contributed by atoms with van der Waals surface area (Å²) in [5.74, 6) is 5.65. The summed E-state index contributed by atoms with van der Waals surface area (Å²) in [5.41, 5.74) is 5.48. The Morgan fingerprint density at radius 1 is 0.293 bits per heavy atom. The molecule has 0 saturated heterocycles. The summed E-state index contributed by atoms with van der Waals surface area (Å²) in [4.78, 5) is 41.2. The van der Waals surface area contributed by atoms with Gasteiger partial charge in [0.05, 0.1) is 0 Å². The summed E-state index contributed by atoms with van der Waals surface area (Å²) in [6.07, 6.45) is 0. The summed E-state index contributed by atoms with van der Waals surface area (Å²) in [6.45, 7) is 9.34. The highest BCUT2D eigenvalue weighted by Gasteiger charge is 2.15. The van der Waals surface area contributed by atoms with Crippen LogP contribution in [0.25, 0.3) is 56.7 Å². The molecule has 0 bridgehead atoms. The van der Waals surface area contributed by atoms with E-state index in [1.807, 2.05) is 83.1 Å². The van der Waals surface area contributed by atoms with Crippen LogP contribution in [0.1, 0.15) is 29.1 Å². The van der Waals surface area contributed by atoms with Crippen molar-refractivity contribution in [1.82, 2.24) is 44.9 Å². The molecule has 0 aliphatic rings. The molecule has 9 nitrogen and oxygen atoms in total. The quantitative estimate of drug-likeness (QED) is 0.256. The van der Waals surface area contributed by atoms with E-state index in [2.05, 4.69) is 59.2 Å². The molecule has 0 spiro atoms. The van der Waals surface area contributed by atoms with E-state index in [-0.39, 0.29) is 0 Å². The Morgan fingerprint density at radius 3 is 1.15 bits per heavy atom. The van der Waals surface area contributed by atoms with E-state index in [1.54, 1.807) is 0 Å². The Kier molecular flexibility index (Phi) is 6.76. The monoisotopic (exact) mass is 537 g/mol. The molecule has 0 amide bonds. The predicted molar refractivity (Wildman–Crippen MR) is 157 cm³/mol. The maximum atomic E-state index is 4.92. The predicted octanol–water partition coefficient (Wildman–Crippen LogP) is 6.12. The van der Waals surface area contributed by atoms with Crippen LogP contribution in [0.2, 0.25) is 0 Å². The number of nitrogens with zero attached hydrogens (tertiary/aromatic N) is 9. The van der Waals surface area contributed by atoms with Crippen molar-refractivity contribution >= 4 is 0 Å². The van der Waals surface area contributed by atoms with Crippen molar-refractivity contribution in [2.24, 2.45) is 0 Å². The molecule has 6 rings (SSSR count). The van der Waals surface area contributed by atoms with Crippen molar-refractivity contribution < 1.29 is 0 Å².